The monoisotopic (exact) mass is 1240 g/mol. The molecule has 4 atom stereocenters. The zero-order valence-electron chi connectivity index (χ0n) is 44.6. The van der Waals surface area contributed by atoms with Gasteiger partial charge in [0, 0.05) is 95.4 Å². The lowest BCUT2D eigenvalue weighted by Gasteiger charge is -2.49. The summed E-state index contributed by atoms with van der Waals surface area (Å²) in [7, 11) is 2.53. The molecule has 6 amide bonds. The summed E-state index contributed by atoms with van der Waals surface area (Å²) >= 11 is 7.87. The lowest BCUT2D eigenvalue weighted by atomic mass is 10.0. The number of hydrogen-bond donors (Lipinski definition) is 6. The van der Waals surface area contributed by atoms with Gasteiger partial charge in [-0.1, -0.05) is 10.3 Å². The first-order valence-electron chi connectivity index (χ1n) is 25.2. The third-order valence-corrected chi connectivity index (χ3v) is 19.3. The summed E-state index contributed by atoms with van der Waals surface area (Å²) in [6.45, 7) is 5.90. The zero-order chi connectivity index (χ0) is 58.8. The van der Waals surface area contributed by atoms with Crippen molar-refractivity contribution in [2.45, 2.75) is 62.9 Å². The van der Waals surface area contributed by atoms with Crippen LogP contribution in [-0.2, 0) is 74.2 Å². The molecule has 8 N–H and O–H groups in total. The van der Waals surface area contributed by atoms with Crippen LogP contribution in [0, 0.1) is 0 Å². The fraction of sp³-hybridized carbons (Fsp3) is 0.400. The van der Waals surface area contributed by atoms with E-state index < -0.39 is 58.4 Å². The second-order valence-corrected chi connectivity index (χ2v) is 24.5. The van der Waals surface area contributed by atoms with Crippen LogP contribution in [0.25, 0.3) is 0 Å². The number of β-lactam (4-membered cyclic amide) rings is 2. The molecule has 0 spiro atoms. The van der Waals surface area contributed by atoms with Crippen molar-refractivity contribution < 1.29 is 67.4 Å². The summed E-state index contributed by atoms with van der Waals surface area (Å²) in [5.74, 6) is -2.73. The summed E-state index contributed by atoms with van der Waals surface area (Å²) in [5.41, 5.74) is 14.0. The van der Waals surface area contributed by atoms with Gasteiger partial charge in [-0.2, -0.15) is 23.5 Å². The number of nitrogen functional groups attached to an aromatic ring is 2. The van der Waals surface area contributed by atoms with E-state index in [4.69, 9.17) is 21.1 Å². The molecule has 0 aromatic carbocycles. The SMILES string of the molecule is CCN(Cc1cc[n+](CC2=C(C(=O)O)N3C(=O)[C@@H](NC(=O)/C(=N\OC)c4csc(N)n4)[C@H]3SC2)cc1)C(=O)CSCCSCC(=O)N(CC)Cc1cc[n+](CC2=C(C(=O)O)N3C(=O)[C@@H](NC(=O)/C(=N\OC)c4csc(N)n4)[C@H]3SC2)cc1. The zero-order valence-corrected chi connectivity index (χ0v) is 49.5. The predicted molar refractivity (Wildman–Crippen MR) is 310 cm³/mol. The van der Waals surface area contributed by atoms with Crippen molar-refractivity contribution in [3.8, 4) is 0 Å². The predicted octanol–water partition coefficient (Wildman–Crippen LogP) is 0.781. The molecule has 8 rings (SSSR count). The lowest BCUT2D eigenvalue weighted by Crippen LogP contribution is -2.71. The van der Waals surface area contributed by atoms with Crippen LogP contribution in [0.4, 0.5) is 10.3 Å². The number of nitrogens with two attached hydrogens (primary N) is 2. The van der Waals surface area contributed by atoms with E-state index in [1.54, 1.807) is 43.7 Å². The first-order chi connectivity index (χ1) is 39.4. The van der Waals surface area contributed by atoms with Crippen LogP contribution in [0.5, 0.6) is 0 Å². The number of rotatable bonds is 27. The number of oxime groups is 2. The highest BCUT2D eigenvalue weighted by Crippen LogP contribution is 2.42. The maximum absolute atomic E-state index is 13.4. The largest absolute Gasteiger partial charge is 0.477 e. The standard InChI is InChI=1S/C50H56N14O12S6/c1-5-61(17-27-7-11-59(12-8-27)19-29-21-79-45-37(43(69)63(45)39(29)47(71)72)55-41(67)35(57-75-3)31-23-81-49(51)53-31)33(65)25-77-15-16-78-26-34(66)62(6-2)18-28-9-13-60(14-10-28)20-30-22-80-46-38(44(70)64(46)40(30)48(73)74)56-42(68)36(58-76-4)32-24-82-50(52)54-32/h7-14,23-24,37-38,45-46H,5-6,15-22,25-26H2,1-4H3,(H6-2,51,52,53,54,55,56,67,68,71,72,73,74)/p+2/b57-35-,58-36-/t37-,38-,45-,46-/m1/s1. The number of thiazole rings is 2. The molecular weight excluding hydrogens is 1180 g/mol. The number of thioether (sulfide) groups is 4. The van der Waals surface area contributed by atoms with Gasteiger partial charge in [0.25, 0.3) is 23.6 Å². The Balaban J connectivity index is 0.745. The molecule has 0 bridgehead atoms. The number of carbonyl (C=O) groups is 8. The average molecular weight is 1240 g/mol. The van der Waals surface area contributed by atoms with Gasteiger partial charge in [-0.15, -0.1) is 46.2 Å². The van der Waals surface area contributed by atoms with Crippen LogP contribution < -0.4 is 31.2 Å². The molecule has 0 aliphatic carbocycles. The molecule has 0 saturated carbocycles. The molecule has 4 aromatic rings. The van der Waals surface area contributed by atoms with Crippen LogP contribution in [0.3, 0.4) is 0 Å². The Morgan fingerprint density at radius 3 is 1.38 bits per heavy atom. The normalized spacial score (nSPS) is 18.7. The third-order valence-electron chi connectivity index (χ3n) is 13.1. The van der Waals surface area contributed by atoms with E-state index in [1.807, 2.05) is 38.1 Å². The molecule has 4 aliphatic rings. The van der Waals surface area contributed by atoms with Crippen molar-refractivity contribution in [1.29, 1.82) is 0 Å². The van der Waals surface area contributed by atoms with Crippen LogP contribution in [0.15, 0.2) is 92.7 Å². The van der Waals surface area contributed by atoms with Gasteiger partial charge in [0.15, 0.2) is 59.6 Å². The van der Waals surface area contributed by atoms with Gasteiger partial charge in [-0.25, -0.2) is 28.7 Å². The number of carboxylic acids is 2. The number of pyridine rings is 2. The molecular formula is C50H58N14O12S6+2. The average Bonchev–Trinajstić information content (AvgIpc) is 1.75. The fourth-order valence-corrected chi connectivity index (χ4v) is 14.8. The molecule has 0 radical (unpaired) electrons. The Bertz CT molecular complexity index is 3030. The minimum absolute atomic E-state index is 0.0308. The number of carbonyl (C=O) groups excluding carboxylic acids is 6. The van der Waals surface area contributed by atoms with Crippen molar-refractivity contribution in [3.63, 3.8) is 0 Å². The summed E-state index contributed by atoms with van der Waals surface area (Å²) in [5, 5.41) is 35.5. The number of nitrogens with one attached hydrogen (secondary N) is 2. The van der Waals surface area contributed by atoms with Crippen LogP contribution in [-0.4, -0.2) is 183 Å². The molecule has 2 saturated heterocycles. The van der Waals surface area contributed by atoms with Gasteiger partial charge in [0.2, 0.25) is 11.8 Å². The highest BCUT2D eigenvalue weighted by molar-refractivity contribution is 8.03. The Hall–Kier alpha value is -7.26. The van der Waals surface area contributed by atoms with E-state index in [-0.39, 0.29) is 80.9 Å². The Labute approximate surface area is 494 Å². The summed E-state index contributed by atoms with van der Waals surface area (Å²) in [6.07, 6.45) is 7.19. The minimum Gasteiger partial charge on any atom is -0.477 e. The summed E-state index contributed by atoms with van der Waals surface area (Å²) in [4.78, 5) is 128. The van der Waals surface area contributed by atoms with Gasteiger partial charge in [0.1, 0.15) is 59.8 Å². The molecule has 434 valence electrons. The Morgan fingerprint density at radius 1 is 0.683 bits per heavy atom. The van der Waals surface area contributed by atoms with Crippen molar-refractivity contribution in [2.24, 2.45) is 10.3 Å². The Morgan fingerprint density at radius 2 is 1.06 bits per heavy atom. The number of aromatic nitrogens is 4. The second-order valence-electron chi connectivity index (χ2n) is 18.3. The molecule has 0 unspecified atom stereocenters. The first-order valence-corrected chi connectivity index (χ1v) is 31.3. The number of amides is 6. The van der Waals surface area contributed by atoms with Crippen LogP contribution in [0.1, 0.15) is 36.4 Å². The second kappa shape index (κ2) is 27.7. The molecule has 4 aromatic heterocycles. The van der Waals surface area contributed by atoms with E-state index in [0.29, 0.717) is 60.3 Å². The van der Waals surface area contributed by atoms with Crippen molar-refractivity contribution in [2.75, 3.05) is 73.3 Å². The first kappa shape index (κ1) is 60.8. The summed E-state index contributed by atoms with van der Waals surface area (Å²) in [6, 6.07) is 5.45. The van der Waals surface area contributed by atoms with Gasteiger partial charge in [-0.05, 0) is 25.0 Å². The molecule has 26 nitrogen and oxygen atoms in total. The number of hydrogen-bond acceptors (Lipinski definition) is 22. The number of carboxylic acid groups (broad SMARTS) is 2. The van der Waals surface area contributed by atoms with Crippen LogP contribution >= 0.6 is 69.7 Å². The number of nitrogens with zero attached hydrogens (tertiary/aromatic N) is 10. The van der Waals surface area contributed by atoms with Gasteiger partial charge in [-0.3, -0.25) is 38.6 Å². The van der Waals surface area contributed by atoms with Gasteiger partial charge >= 0.3 is 11.9 Å². The molecule has 82 heavy (non-hydrogen) atoms. The number of anilines is 2. The molecule has 2 fully saturated rings. The van der Waals surface area contributed by atoms with Gasteiger partial charge in [0.05, 0.1) is 11.5 Å². The van der Waals surface area contributed by atoms with Crippen LogP contribution in [0.2, 0.25) is 0 Å². The van der Waals surface area contributed by atoms with E-state index in [9.17, 15) is 48.6 Å². The highest BCUT2D eigenvalue weighted by atomic mass is 32.2. The van der Waals surface area contributed by atoms with Crippen molar-refractivity contribution in [1.82, 2.24) is 40.2 Å². The smallest absolute Gasteiger partial charge is 0.352 e. The topological polar surface area (TPSA) is 343 Å². The third kappa shape index (κ3) is 14.0. The maximum atomic E-state index is 13.4. The van der Waals surface area contributed by atoms with E-state index >= 15 is 0 Å². The maximum Gasteiger partial charge on any atom is 0.352 e. The molecule has 8 heterocycles. The minimum atomic E-state index is -1.26. The number of aliphatic carboxylic acids is 2. The quantitative estimate of drug-likeness (QED) is 0.0158. The molecule has 4 aliphatic heterocycles. The summed E-state index contributed by atoms with van der Waals surface area (Å²) < 4.78 is 3.61. The van der Waals surface area contributed by atoms with Gasteiger partial charge < -0.3 is 51.8 Å². The van der Waals surface area contributed by atoms with Crippen molar-refractivity contribution >= 4 is 139 Å². The van der Waals surface area contributed by atoms with E-state index in [2.05, 4.69) is 30.9 Å². The lowest BCUT2D eigenvalue weighted by molar-refractivity contribution is -0.689. The van der Waals surface area contributed by atoms with Crippen molar-refractivity contribution in [3.05, 3.63) is 105 Å². The van der Waals surface area contributed by atoms with E-state index in [1.165, 1.54) is 81.8 Å². The van der Waals surface area contributed by atoms with E-state index in [0.717, 1.165) is 33.8 Å². The highest BCUT2D eigenvalue weighted by Gasteiger charge is 2.56. The molecule has 32 heteroatoms. The Kier molecular flexibility index (Phi) is 20.5. The number of fused-ring (bicyclic) bond motifs is 2. The fourth-order valence-electron chi connectivity index (χ4n) is 9.06.